The summed E-state index contributed by atoms with van der Waals surface area (Å²) in [5.41, 5.74) is 7.26. The first kappa shape index (κ1) is 24.0. The zero-order chi connectivity index (χ0) is 24.6. The quantitative estimate of drug-likeness (QED) is 0.204. The average molecular weight is 486 g/mol. The second-order valence-corrected chi connectivity index (χ2v) is 8.58. The van der Waals surface area contributed by atoms with E-state index in [1.165, 1.54) is 17.6 Å². The second kappa shape index (κ2) is 11.3. The zero-order valence-corrected chi connectivity index (χ0v) is 20.4. The van der Waals surface area contributed by atoms with Crippen molar-refractivity contribution in [3.05, 3.63) is 89.3 Å². The summed E-state index contributed by atoms with van der Waals surface area (Å²) in [5.74, 6) is -0.229. The van der Waals surface area contributed by atoms with Crippen LogP contribution in [0.15, 0.2) is 83.3 Å². The number of thiazole rings is 1. The number of rotatable bonds is 9. The first-order valence-electron chi connectivity index (χ1n) is 11.4. The van der Waals surface area contributed by atoms with Crippen LogP contribution in [0.4, 0.5) is 16.5 Å². The largest absolute Gasteiger partial charge is 0.507 e. The van der Waals surface area contributed by atoms with Crippen molar-refractivity contribution >= 4 is 40.0 Å². The van der Waals surface area contributed by atoms with Crippen LogP contribution in [-0.2, 0) is 0 Å². The first-order valence-corrected chi connectivity index (χ1v) is 12.2. The lowest BCUT2D eigenvalue weighted by molar-refractivity contribution is 0.0955. The third-order valence-electron chi connectivity index (χ3n) is 5.48. The molecule has 4 rings (SSSR count). The van der Waals surface area contributed by atoms with E-state index in [0.29, 0.717) is 11.1 Å². The summed E-state index contributed by atoms with van der Waals surface area (Å²) >= 11 is 1.52. The van der Waals surface area contributed by atoms with Crippen LogP contribution in [0, 0.1) is 0 Å². The molecule has 0 saturated heterocycles. The minimum absolute atomic E-state index is 0.112. The fourth-order valence-corrected chi connectivity index (χ4v) is 4.29. The van der Waals surface area contributed by atoms with Crippen molar-refractivity contribution in [1.82, 2.24) is 10.4 Å². The first-order chi connectivity index (χ1) is 17.1. The highest BCUT2D eigenvalue weighted by Gasteiger charge is 2.08. The maximum absolute atomic E-state index is 12.4. The summed E-state index contributed by atoms with van der Waals surface area (Å²) in [4.78, 5) is 19.2. The van der Waals surface area contributed by atoms with Gasteiger partial charge in [-0.2, -0.15) is 5.10 Å². The Balaban J connectivity index is 1.34. The number of carbonyl (C=O) groups is 1. The summed E-state index contributed by atoms with van der Waals surface area (Å²) in [6, 6.07) is 22.5. The molecule has 7 nitrogen and oxygen atoms in total. The summed E-state index contributed by atoms with van der Waals surface area (Å²) in [6.07, 6.45) is 1.43. The van der Waals surface area contributed by atoms with Gasteiger partial charge in [-0.05, 0) is 50.2 Å². The summed E-state index contributed by atoms with van der Waals surface area (Å²) < 4.78 is 0. The molecule has 0 aliphatic carbocycles. The maximum atomic E-state index is 12.4. The Bertz CT molecular complexity index is 1300. The number of aromatic hydroxyl groups is 1. The van der Waals surface area contributed by atoms with Crippen LogP contribution >= 0.6 is 11.3 Å². The molecule has 0 atom stereocenters. The van der Waals surface area contributed by atoms with E-state index in [4.69, 9.17) is 0 Å². The molecule has 3 N–H and O–H groups in total. The highest BCUT2D eigenvalue weighted by molar-refractivity contribution is 7.14. The van der Waals surface area contributed by atoms with E-state index in [1.54, 1.807) is 24.3 Å². The SMILES string of the molecule is CCN(CC)c1ccc(/C=N\NC(=O)c2ccc(Nc3nc(-c4ccccc4)cs3)cc2)c(O)c1. The number of phenols is 1. The lowest BCUT2D eigenvalue weighted by Gasteiger charge is -2.21. The van der Waals surface area contributed by atoms with Crippen LogP contribution in [0.25, 0.3) is 11.3 Å². The number of amides is 1. The van der Waals surface area contributed by atoms with Gasteiger partial charge in [0.1, 0.15) is 5.75 Å². The monoisotopic (exact) mass is 485 g/mol. The van der Waals surface area contributed by atoms with E-state index < -0.39 is 0 Å². The third-order valence-corrected chi connectivity index (χ3v) is 6.24. The smallest absolute Gasteiger partial charge is 0.271 e. The number of carbonyl (C=O) groups excluding carboxylic acids is 1. The van der Waals surface area contributed by atoms with Crippen LogP contribution in [0.2, 0.25) is 0 Å². The molecule has 178 valence electrons. The van der Waals surface area contributed by atoms with Gasteiger partial charge in [0.05, 0.1) is 11.9 Å². The van der Waals surface area contributed by atoms with Crippen molar-refractivity contribution in [2.45, 2.75) is 13.8 Å². The molecule has 0 aliphatic heterocycles. The molecule has 8 heteroatoms. The number of hydrogen-bond acceptors (Lipinski definition) is 7. The highest BCUT2D eigenvalue weighted by Crippen LogP contribution is 2.27. The standard InChI is InChI=1S/C27H27N5O2S/c1-3-32(4-2)23-15-12-21(25(33)16-23)17-28-31-26(34)20-10-13-22(14-11-20)29-27-30-24(18-35-27)19-8-6-5-7-9-19/h5-18,33H,3-4H2,1-2H3,(H,29,30)(H,31,34)/b28-17-. The van der Waals surface area contributed by atoms with Gasteiger partial charge < -0.3 is 15.3 Å². The molecule has 35 heavy (non-hydrogen) atoms. The molecule has 0 aliphatic rings. The van der Waals surface area contributed by atoms with Gasteiger partial charge in [0, 0.05) is 52.6 Å². The molecule has 0 unspecified atom stereocenters. The van der Waals surface area contributed by atoms with Gasteiger partial charge >= 0.3 is 0 Å². The van der Waals surface area contributed by atoms with Crippen molar-refractivity contribution in [2.24, 2.45) is 5.10 Å². The Kier molecular flexibility index (Phi) is 7.74. The van der Waals surface area contributed by atoms with Crippen LogP contribution < -0.4 is 15.6 Å². The molecular formula is C27H27N5O2S. The molecule has 3 aromatic carbocycles. The number of hydrogen-bond donors (Lipinski definition) is 3. The van der Waals surface area contributed by atoms with Gasteiger partial charge in [-0.3, -0.25) is 4.79 Å². The van der Waals surface area contributed by atoms with Crippen molar-refractivity contribution < 1.29 is 9.90 Å². The average Bonchev–Trinajstić information content (AvgIpc) is 3.35. The third kappa shape index (κ3) is 6.04. The van der Waals surface area contributed by atoms with E-state index in [-0.39, 0.29) is 11.7 Å². The van der Waals surface area contributed by atoms with Gasteiger partial charge in [0.2, 0.25) is 0 Å². The van der Waals surface area contributed by atoms with Gasteiger partial charge in [0.15, 0.2) is 5.13 Å². The van der Waals surface area contributed by atoms with Crippen LogP contribution in [-0.4, -0.2) is 35.3 Å². The second-order valence-electron chi connectivity index (χ2n) is 7.72. The lowest BCUT2D eigenvalue weighted by Crippen LogP contribution is -2.21. The Morgan fingerprint density at radius 1 is 1.06 bits per heavy atom. The highest BCUT2D eigenvalue weighted by atomic mass is 32.1. The zero-order valence-electron chi connectivity index (χ0n) is 19.6. The summed E-state index contributed by atoms with van der Waals surface area (Å²) in [6.45, 7) is 5.84. The van der Waals surface area contributed by atoms with E-state index in [2.05, 4.69) is 39.6 Å². The summed E-state index contributed by atoms with van der Waals surface area (Å²) in [5, 5.41) is 20.3. The molecular weight excluding hydrogens is 458 g/mol. The van der Waals surface area contributed by atoms with Crippen LogP contribution in [0.3, 0.4) is 0 Å². The minimum atomic E-state index is -0.340. The van der Waals surface area contributed by atoms with Crippen LogP contribution in [0.5, 0.6) is 5.75 Å². The van der Waals surface area contributed by atoms with Crippen molar-refractivity contribution in [2.75, 3.05) is 23.3 Å². The molecule has 0 bridgehead atoms. The minimum Gasteiger partial charge on any atom is -0.507 e. The fourth-order valence-electron chi connectivity index (χ4n) is 3.55. The molecule has 1 heterocycles. The number of nitrogens with zero attached hydrogens (tertiary/aromatic N) is 3. The summed E-state index contributed by atoms with van der Waals surface area (Å²) in [7, 11) is 0. The predicted molar refractivity (Wildman–Crippen MR) is 144 cm³/mol. The van der Waals surface area contributed by atoms with Gasteiger partial charge in [-0.15, -0.1) is 11.3 Å². The molecule has 4 aromatic rings. The van der Waals surface area contributed by atoms with E-state index >= 15 is 0 Å². The van der Waals surface area contributed by atoms with Crippen LogP contribution in [0.1, 0.15) is 29.8 Å². The molecule has 0 saturated carbocycles. The topological polar surface area (TPSA) is 89.9 Å². The molecule has 0 fully saturated rings. The van der Waals surface area contributed by atoms with Crippen molar-refractivity contribution in [3.63, 3.8) is 0 Å². The fraction of sp³-hybridized carbons (Fsp3) is 0.148. The van der Waals surface area contributed by atoms with E-state index in [0.717, 1.165) is 40.9 Å². The lowest BCUT2D eigenvalue weighted by atomic mass is 10.2. The number of aromatic nitrogens is 1. The maximum Gasteiger partial charge on any atom is 0.271 e. The number of hydrazone groups is 1. The van der Waals surface area contributed by atoms with Crippen molar-refractivity contribution in [3.8, 4) is 17.0 Å². The Morgan fingerprint density at radius 3 is 2.49 bits per heavy atom. The Hall–Kier alpha value is -4.17. The molecule has 0 spiro atoms. The molecule has 1 aromatic heterocycles. The normalized spacial score (nSPS) is 10.9. The van der Waals surface area contributed by atoms with Crippen molar-refractivity contribution in [1.29, 1.82) is 0 Å². The number of phenolic OH excluding ortho intramolecular Hbond substituents is 1. The van der Waals surface area contributed by atoms with Gasteiger partial charge in [-0.25, -0.2) is 10.4 Å². The Morgan fingerprint density at radius 2 is 1.80 bits per heavy atom. The van der Waals surface area contributed by atoms with Gasteiger partial charge in [-0.1, -0.05) is 30.3 Å². The van der Waals surface area contributed by atoms with E-state index in [9.17, 15) is 9.90 Å². The molecule has 1 amide bonds. The molecule has 0 radical (unpaired) electrons. The number of nitrogens with one attached hydrogen (secondary N) is 2. The number of benzene rings is 3. The van der Waals surface area contributed by atoms with Gasteiger partial charge in [0.25, 0.3) is 5.91 Å². The number of anilines is 3. The predicted octanol–water partition coefficient (Wildman–Crippen LogP) is 5.87. The van der Waals surface area contributed by atoms with E-state index in [1.807, 2.05) is 53.9 Å². The Labute approximate surface area is 208 Å².